The molecule has 3 nitrogen and oxygen atoms in total. The zero-order chi connectivity index (χ0) is 14.4. The number of aryl methyl sites for hydroxylation is 1. The van der Waals surface area contributed by atoms with Gasteiger partial charge in [0.15, 0.2) is 0 Å². The predicted octanol–water partition coefficient (Wildman–Crippen LogP) is 3.91. The van der Waals surface area contributed by atoms with Crippen LogP contribution < -0.4 is 10.1 Å². The average Bonchev–Trinajstić information content (AvgIpc) is 2.83. The van der Waals surface area contributed by atoms with Gasteiger partial charge in [0.25, 0.3) is 0 Å². The SMILES string of the molecule is Cc1ccc(CNCc2cccc(OCC(C)C)c2)o1. The van der Waals surface area contributed by atoms with Gasteiger partial charge < -0.3 is 14.5 Å². The quantitative estimate of drug-likeness (QED) is 0.830. The summed E-state index contributed by atoms with van der Waals surface area (Å²) in [6.07, 6.45) is 0. The van der Waals surface area contributed by atoms with Crippen molar-refractivity contribution in [2.75, 3.05) is 6.61 Å². The van der Waals surface area contributed by atoms with Crippen LogP contribution in [0.4, 0.5) is 0 Å². The lowest BCUT2D eigenvalue weighted by Crippen LogP contribution is -2.12. The molecule has 1 aromatic heterocycles. The first kappa shape index (κ1) is 14.7. The third-order valence-corrected chi connectivity index (χ3v) is 2.91. The topological polar surface area (TPSA) is 34.4 Å². The van der Waals surface area contributed by atoms with E-state index in [0.29, 0.717) is 5.92 Å². The number of rotatable bonds is 7. The van der Waals surface area contributed by atoms with Crippen molar-refractivity contribution in [3.63, 3.8) is 0 Å². The second kappa shape index (κ2) is 7.15. The molecule has 1 N–H and O–H groups in total. The van der Waals surface area contributed by atoms with Crippen molar-refractivity contribution in [3.8, 4) is 5.75 Å². The molecule has 108 valence electrons. The highest BCUT2D eigenvalue weighted by molar-refractivity contribution is 5.28. The fraction of sp³-hybridized carbons (Fsp3) is 0.412. The zero-order valence-electron chi connectivity index (χ0n) is 12.5. The van der Waals surface area contributed by atoms with Gasteiger partial charge in [-0.1, -0.05) is 26.0 Å². The van der Waals surface area contributed by atoms with Crippen LogP contribution in [0.1, 0.15) is 30.9 Å². The largest absolute Gasteiger partial charge is 0.493 e. The third-order valence-electron chi connectivity index (χ3n) is 2.91. The summed E-state index contributed by atoms with van der Waals surface area (Å²) in [5.41, 5.74) is 1.22. The summed E-state index contributed by atoms with van der Waals surface area (Å²) in [7, 11) is 0. The van der Waals surface area contributed by atoms with Gasteiger partial charge in [-0.05, 0) is 42.7 Å². The van der Waals surface area contributed by atoms with Crippen molar-refractivity contribution in [2.45, 2.75) is 33.9 Å². The van der Waals surface area contributed by atoms with Gasteiger partial charge in [0.2, 0.25) is 0 Å². The van der Waals surface area contributed by atoms with Gasteiger partial charge in [0, 0.05) is 6.54 Å². The maximum absolute atomic E-state index is 5.73. The van der Waals surface area contributed by atoms with Crippen molar-refractivity contribution in [3.05, 3.63) is 53.5 Å². The molecule has 0 unspecified atom stereocenters. The third kappa shape index (κ3) is 4.74. The van der Waals surface area contributed by atoms with E-state index in [1.165, 1.54) is 5.56 Å². The monoisotopic (exact) mass is 273 g/mol. The lowest BCUT2D eigenvalue weighted by Gasteiger charge is -2.10. The van der Waals surface area contributed by atoms with E-state index in [-0.39, 0.29) is 0 Å². The van der Waals surface area contributed by atoms with Gasteiger partial charge in [-0.3, -0.25) is 0 Å². The standard InChI is InChI=1S/C17H23NO2/c1-13(2)12-19-16-6-4-5-15(9-16)10-18-11-17-8-7-14(3)20-17/h4-9,13,18H,10-12H2,1-3H3. The molecule has 0 aliphatic carbocycles. The summed E-state index contributed by atoms with van der Waals surface area (Å²) >= 11 is 0. The van der Waals surface area contributed by atoms with Crippen LogP contribution >= 0.6 is 0 Å². The van der Waals surface area contributed by atoms with E-state index >= 15 is 0 Å². The van der Waals surface area contributed by atoms with E-state index in [2.05, 4.69) is 31.3 Å². The molecule has 0 aliphatic rings. The molecule has 0 radical (unpaired) electrons. The average molecular weight is 273 g/mol. The van der Waals surface area contributed by atoms with Crippen LogP contribution in [0.2, 0.25) is 0 Å². The number of hydrogen-bond acceptors (Lipinski definition) is 3. The van der Waals surface area contributed by atoms with Crippen LogP contribution in [0, 0.1) is 12.8 Å². The van der Waals surface area contributed by atoms with E-state index in [0.717, 1.165) is 37.0 Å². The number of nitrogens with one attached hydrogen (secondary N) is 1. The second-order valence-corrected chi connectivity index (χ2v) is 5.47. The Morgan fingerprint density at radius 1 is 1.15 bits per heavy atom. The van der Waals surface area contributed by atoms with Crippen molar-refractivity contribution in [1.29, 1.82) is 0 Å². The summed E-state index contributed by atoms with van der Waals surface area (Å²) in [5.74, 6) is 3.39. The minimum Gasteiger partial charge on any atom is -0.493 e. The minimum atomic E-state index is 0.541. The van der Waals surface area contributed by atoms with Crippen LogP contribution in [-0.4, -0.2) is 6.61 Å². The zero-order valence-corrected chi connectivity index (χ0v) is 12.5. The van der Waals surface area contributed by atoms with Crippen molar-refractivity contribution >= 4 is 0 Å². The first-order valence-corrected chi connectivity index (χ1v) is 7.11. The second-order valence-electron chi connectivity index (χ2n) is 5.47. The van der Waals surface area contributed by atoms with E-state index < -0.39 is 0 Å². The van der Waals surface area contributed by atoms with Crippen LogP contribution in [-0.2, 0) is 13.1 Å². The lowest BCUT2D eigenvalue weighted by atomic mass is 10.2. The molecule has 20 heavy (non-hydrogen) atoms. The number of benzene rings is 1. The van der Waals surface area contributed by atoms with Gasteiger partial charge in [-0.25, -0.2) is 0 Å². The molecule has 1 aromatic carbocycles. The Morgan fingerprint density at radius 3 is 2.70 bits per heavy atom. The number of ether oxygens (including phenoxy) is 1. The van der Waals surface area contributed by atoms with Crippen LogP contribution in [0.15, 0.2) is 40.8 Å². The predicted molar refractivity (Wildman–Crippen MR) is 80.8 cm³/mol. The van der Waals surface area contributed by atoms with Gasteiger partial charge in [0.05, 0.1) is 13.2 Å². The first-order chi connectivity index (χ1) is 9.63. The van der Waals surface area contributed by atoms with E-state index in [4.69, 9.17) is 9.15 Å². The molecule has 0 spiro atoms. The van der Waals surface area contributed by atoms with Crippen molar-refractivity contribution in [2.24, 2.45) is 5.92 Å². The van der Waals surface area contributed by atoms with E-state index in [9.17, 15) is 0 Å². The molecule has 0 atom stereocenters. The highest BCUT2D eigenvalue weighted by atomic mass is 16.5. The maximum atomic E-state index is 5.73. The number of hydrogen-bond donors (Lipinski definition) is 1. The molecular weight excluding hydrogens is 250 g/mol. The Labute approximate surface area is 121 Å². The molecule has 2 rings (SSSR count). The van der Waals surface area contributed by atoms with Gasteiger partial charge >= 0.3 is 0 Å². The summed E-state index contributed by atoms with van der Waals surface area (Å²) in [6, 6.07) is 12.2. The summed E-state index contributed by atoms with van der Waals surface area (Å²) in [4.78, 5) is 0. The van der Waals surface area contributed by atoms with Crippen LogP contribution in [0.5, 0.6) is 5.75 Å². The Hall–Kier alpha value is -1.74. The summed E-state index contributed by atoms with van der Waals surface area (Å²) in [6.45, 7) is 8.55. The lowest BCUT2D eigenvalue weighted by molar-refractivity contribution is 0.271. The molecule has 0 fully saturated rings. The maximum Gasteiger partial charge on any atom is 0.119 e. The Bertz CT molecular complexity index is 531. The normalized spacial score (nSPS) is 11.0. The minimum absolute atomic E-state index is 0.541. The van der Waals surface area contributed by atoms with Crippen LogP contribution in [0.3, 0.4) is 0 Å². The Morgan fingerprint density at radius 2 is 2.00 bits per heavy atom. The van der Waals surface area contributed by atoms with E-state index in [1.807, 2.05) is 31.2 Å². The molecule has 0 bridgehead atoms. The smallest absolute Gasteiger partial charge is 0.119 e. The molecular formula is C17H23NO2. The molecule has 0 saturated heterocycles. The molecule has 2 aromatic rings. The van der Waals surface area contributed by atoms with Crippen molar-refractivity contribution in [1.82, 2.24) is 5.32 Å². The highest BCUT2D eigenvalue weighted by Gasteiger charge is 2.01. The van der Waals surface area contributed by atoms with Gasteiger partial charge in [-0.15, -0.1) is 0 Å². The van der Waals surface area contributed by atoms with E-state index in [1.54, 1.807) is 0 Å². The highest BCUT2D eigenvalue weighted by Crippen LogP contribution is 2.14. The Balaban J connectivity index is 1.81. The summed E-state index contributed by atoms with van der Waals surface area (Å²) in [5, 5.41) is 3.37. The van der Waals surface area contributed by atoms with Gasteiger partial charge in [0.1, 0.15) is 17.3 Å². The van der Waals surface area contributed by atoms with Gasteiger partial charge in [-0.2, -0.15) is 0 Å². The molecule has 0 amide bonds. The molecule has 1 heterocycles. The summed E-state index contributed by atoms with van der Waals surface area (Å²) < 4.78 is 11.3. The van der Waals surface area contributed by atoms with Crippen LogP contribution in [0.25, 0.3) is 0 Å². The Kier molecular flexibility index (Phi) is 5.24. The first-order valence-electron chi connectivity index (χ1n) is 7.11. The van der Waals surface area contributed by atoms with Crippen molar-refractivity contribution < 1.29 is 9.15 Å². The number of furan rings is 1. The fourth-order valence-electron chi connectivity index (χ4n) is 1.92. The molecule has 0 aliphatic heterocycles. The molecule has 3 heteroatoms. The fourth-order valence-corrected chi connectivity index (χ4v) is 1.92. The molecule has 0 saturated carbocycles.